The number of thioether (sulfide) groups is 1. The van der Waals surface area contributed by atoms with Crippen LogP contribution < -0.4 is 5.32 Å². The number of ether oxygens (including phenoxy) is 1. The first-order chi connectivity index (χ1) is 8.17. The molecule has 0 spiro atoms. The lowest BCUT2D eigenvalue weighted by Crippen LogP contribution is -2.09. The first-order valence-electron chi connectivity index (χ1n) is 5.56. The summed E-state index contributed by atoms with van der Waals surface area (Å²) < 4.78 is 9.93. The molecule has 0 aliphatic carbocycles. The van der Waals surface area contributed by atoms with Gasteiger partial charge in [-0.15, -0.1) is 0 Å². The van der Waals surface area contributed by atoms with Crippen LogP contribution in [0, 0.1) is 0 Å². The molecule has 0 amide bonds. The molecule has 5 nitrogen and oxygen atoms in total. The van der Waals surface area contributed by atoms with Crippen molar-refractivity contribution in [3.05, 3.63) is 12.0 Å². The maximum Gasteiger partial charge on any atom is 0.360 e. The van der Waals surface area contributed by atoms with E-state index in [9.17, 15) is 4.79 Å². The zero-order chi connectivity index (χ0) is 12.7. The van der Waals surface area contributed by atoms with E-state index < -0.39 is 5.97 Å². The molecule has 96 valence electrons. The van der Waals surface area contributed by atoms with Crippen LogP contribution in [0.4, 0.5) is 6.01 Å². The Morgan fingerprint density at radius 2 is 2.47 bits per heavy atom. The highest BCUT2D eigenvalue weighted by Gasteiger charge is 2.12. The van der Waals surface area contributed by atoms with Gasteiger partial charge in [-0.3, -0.25) is 0 Å². The molecule has 1 atom stereocenters. The number of hydrogen-bond acceptors (Lipinski definition) is 6. The summed E-state index contributed by atoms with van der Waals surface area (Å²) in [6.07, 6.45) is 4.39. The van der Waals surface area contributed by atoms with Gasteiger partial charge < -0.3 is 14.5 Å². The van der Waals surface area contributed by atoms with Crippen LogP contribution in [0.1, 0.15) is 30.8 Å². The molecule has 1 rings (SSSR count). The molecule has 0 saturated heterocycles. The molecule has 6 heteroatoms. The van der Waals surface area contributed by atoms with Crippen LogP contribution in [-0.2, 0) is 4.74 Å². The Bertz CT molecular complexity index is 354. The van der Waals surface area contributed by atoms with E-state index in [1.54, 1.807) is 6.92 Å². The van der Waals surface area contributed by atoms with Gasteiger partial charge in [-0.1, -0.05) is 6.92 Å². The van der Waals surface area contributed by atoms with Crippen LogP contribution in [0.3, 0.4) is 0 Å². The summed E-state index contributed by atoms with van der Waals surface area (Å²) in [6.45, 7) is 5.01. The Labute approximate surface area is 105 Å². The average Bonchev–Trinajstić information content (AvgIpc) is 2.78. The third kappa shape index (κ3) is 4.68. The molecule has 1 unspecified atom stereocenters. The van der Waals surface area contributed by atoms with Crippen molar-refractivity contribution < 1.29 is 13.9 Å². The number of aromatic nitrogens is 1. The van der Waals surface area contributed by atoms with Crippen molar-refractivity contribution in [3.63, 3.8) is 0 Å². The number of anilines is 1. The highest BCUT2D eigenvalue weighted by atomic mass is 32.2. The highest BCUT2D eigenvalue weighted by molar-refractivity contribution is 7.99. The van der Waals surface area contributed by atoms with Crippen LogP contribution in [0.5, 0.6) is 0 Å². The molecule has 17 heavy (non-hydrogen) atoms. The van der Waals surface area contributed by atoms with E-state index in [2.05, 4.69) is 23.5 Å². The lowest BCUT2D eigenvalue weighted by atomic mass is 10.3. The molecular weight excluding hydrogens is 240 g/mol. The zero-order valence-electron chi connectivity index (χ0n) is 10.4. The average molecular weight is 258 g/mol. The molecule has 0 saturated carbocycles. The molecule has 0 aliphatic rings. The van der Waals surface area contributed by atoms with Crippen molar-refractivity contribution in [2.24, 2.45) is 0 Å². The van der Waals surface area contributed by atoms with Gasteiger partial charge in [-0.25, -0.2) is 4.79 Å². The summed E-state index contributed by atoms with van der Waals surface area (Å²) in [5, 5.41) is 3.61. The van der Waals surface area contributed by atoms with Crippen molar-refractivity contribution >= 4 is 23.7 Å². The van der Waals surface area contributed by atoms with Crippen LogP contribution in [0.25, 0.3) is 0 Å². The maximum atomic E-state index is 11.3. The smallest absolute Gasteiger partial charge is 0.360 e. The predicted octanol–water partition coefficient (Wildman–Crippen LogP) is 2.40. The fourth-order valence-electron chi connectivity index (χ4n) is 1.15. The molecular formula is C11H18N2O3S. The third-order valence-electron chi connectivity index (χ3n) is 2.22. The Hall–Kier alpha value is -1.17. The van der Waals surface area contributed by atoms with Crippen LogP contribution in [-0.4, -0.2) is 35.6 Å². The van der Waals surface area contributed by atoms with Gasteiger partial charge in [0.05, 0.1) is 6.61 Å². The molecule has 0 radical (unpaired) electrons. The van der Waals surface area contributed by atoms with E-state index in [0.29, 0.717) is 17.9 Å². The Morgan fingerprint density at radius 1 is 1.71 bits per heavy atom. The fourth-order valence-corrected chi connectivity index (χ4v) is 1.51. The normalized spacial score (nSPS) is 12.2. The first kappa shape index (κ1) is 13.9. The fraction of sp³-hybridized carbons (Fsp3) is 0.636. The van der Waals surface area contributed by atoms with Crippen molar-refractivity contribution in [2.45, 2.75) is 25.5 Å². The second-order valence-corrected chi connectivity index (χ2v) is 4.80. The van der Waals surface area contributed by atoms with E-state index in [4.69, 9.17) is 9.15 Å². The van der Waals surface area contributed by atoms with Crippen molar-refractivity contribution in [1.82, 2.24) is 4.98 Å². The minimum Gasteiger partial charge on any atom is -0.461 e. The van der Waals surface area contributed by atoms with E-state index in [0.717, 1.165) is 13.0 Å². The van der Waals surface area contributed by atoms with Gasteiger partial charge in [0.25, 0.3) is 6.01 Å². The summed E-state index contributed by atoms with van der Waals surface area (Å²) in [5.74, 6) is -0.457. The molecule has 1 heterocycles. The molecule has 1 N–H and O–H groups in total. The van der Waals surface area contributed by atoms with Gasteiger partial charge in [-0.2, -0.15) is 16.7 Å². The standard InChI is InChI=1S/C11H18N2O3S/c1-4-15-10(14)9-7-16-11(13-9)12-6-5-8(2)17-3/h7-8H,4-6H2,1-3H3,(H,12,13). The van der Waals surface area contributed by atoms with Gasteiger partial charge in [-0.05, 0) is 19.6 Å². The number of oxazole rings is 1. The van der Waals surface area contributed by atoms with Gasteiger partial charge in [0, 0.05) is 11.8 Å². The number of rotatable bonds is 7. The second kappa shape index (κ2) is 7.21. The Kier molecular flexibility index (Phi) is 5.90. The predicted molar refractivity (Wildman–Crippen MR) is 68.5 cm³/mol. The highest BCUT2D eigenvalue weighted by Crippen LogP contribution is 2.12. The summed E-state index contributed by atoms with van der Waals surface area (Å²) in [5.41, 5.74) is 0.201. The summed E-state index contributed by atoms with van der Waals surface area (Å²) in [4.78, 5) is 15.3. The number of esters is 1. The van der Waals surface area contributed by atoms with Gasteiger partial charge in [0.1, 0.15) is 6.26 Å². The Morgan fingerprint density at radius 3 is 3.12 bits per heavy atom. The summed E-state index contributed by atoms with van der Waals surface area (Å²) >= 11 is 1.81. The van der Waals surface area contributed by atoms with Gasteiger partial charge in [0.2, 0.25) is 0 Å². The minimum atomic E-state index is -0.457. The molecule has 1 aromatic rings. The number of carbonyl (C=O) groups is 1. The number of nitrogens with one attached hydrogen (secondary N) is 1. The van der Waals surface area contributed by atoms with Crippen LogP contribution in [0.2, 0.25) is 0 Å². The first-order valence-corrected chi connectivity index (χ1v) is 6.85. The van der Waals surface area contributed by atoms with E-state index in [1.165, 1.54) is 6.26 Å². The zero-order valence-corrected chi connectivity index (χ0v) is 11.2. The maximum absolute atomic E-state index is 11.3. The molecule has 0 bridgehead atoms. The van der Waals surface area contributed by atoms with E-state index >= 15 is 0 Å². The minimum absolute atomic E-state index is 0.201. The molecule has 0 aromatic carbocycles. The molecule has 0 fully saturated rings. The number of nitrogens with zero attached hydrogens (tertiary/aromatic N) is 1. The Balaban J connectivity index is 2.38. The SMILES string of the molecule is CCOC(=O)c1coc(NCCC(C)SC)n1. The third-order valence-corrected chi connectivity index (χ3v) is 3.26. The van der Waals surface area contributed by atoms with Gasteiger partial charge >= 0.3 is 5.97 Å². The quantitative estimate of drug-likeness (QED) is 0.758. The second-order valence-electron chi connectivity index (χ2n) is 3.52. The van der Waals surface area contributed by atoms with Crippen LogP contribution in [0.15, 0.2) is 10.7 Å². The topological polar surface area (TPSA) is 64.4 Å². The van der Waals surface area contributed by atoms with Crippen molar-refractivity contribution in [3.8, 4) is 0 Å². The lowest BCUT2D eigenvalue weighted by molar-refractivity contribution is 0.0519. The monoisotopic (exact) mass is 258 g/mol. The molecule has 1 aromatic heterocycles. The molecule has 0 aliphatic heterocycles. The number of carbonyl (C=O) groups excluding carboxylic acids is 1. The van der Waals surface area contributed by atoms with E-state index in [-0.39, 0.29) is 5.69 Å². The summed E-state index contributed by atoms with van der Waals surface area (Å²) in [7, 11) is 0. The van der Waals surface area contributed by atoms with E-state index in [1.807, 2.05) is 11.8 Å². The largest absolute Gasteiger partial charge is 0.461 e. The summed E-state index contributed by atoms with van der Waals surface area (Å²) in [6, 6.07) is 0.362. The van der Waals surface area contributed by atoms with Crippen molar-refractivity contribution in [1.29, 1.82) is 0 Å². The number of hydrogen-bond donors (Lipinski definition) is 1. The lowest BCUT2D eigenvalue weighted by Gasteiger charge is -2.06. The van der Waals surface area contributed by atoms with Crippen LogP contribution >= 0.6 is 11.8 Å². The van der Waals surface area contributed by atoms with Gasteiger partial charge in [0.15, 0.2) is 5.69 Å². The van der Waals surface area contributed by atoms with Crippen molar-refractivity contribution in [2.75, 3.05) is 24.7 Å².